The number of Topliss-reactive ketones (excluding diaryl/α,β-unsaturated/α-hetero) is 1. The standard InChI is InChI=1S/C18H23NO3/c1-5-9-16(20)13-15(12-14-10-7-6-8-11-14)19-17(21)22-18(2,3)4/h6-8,10-11,15H,12-13H2,1-4H3,(H,19,21)/t15-/m0/s1. The van der Waals surface area contributed by atoms with E-state index in [0.717, 1.165) is 5.56 Å². The molecule has 1 amide bonds. The fourth-order valence-electron chi connectivity index (χ4n) is 1.96. The van der Waals surface area contributed by atoms with Gasteiger partial charge in [-0.1, -0.05) is 36.3 Å². The molecule has 1 atom stereocenters. The number of ether oxygens (including phenoxy) is 1. The first-order valence-corrected chi connectivity index (χ1v) is 7.29. The second-order valence-corrected chi connectivity index (χ2v) is 6.04. The molecule has 1 aromatic carbocycles. The SMILES string of the molecule is CC#CC(=O)C[C@H](Cc1ccccc1)NC(=O)OC(C)(C)C. The molecule has 0 saturated heterocycles. The van der Waals surface area contributed by atoms with Crippen molar-refractivity contribution in [3.8, 4) is 11.8 Å². The highest BCUT2D eigenvalue weighted by atomic mass is 16.6. The van der Waals surface area contributed by atoms with Gasteiger partial charge in [0.25, 0.3) is 0 Å². The first-order valence-electron chi connectivity index (χ1n) is 7.29. The van der Waals surface area contributed by atoms with Crippen LogP contribution < -0.4 is 5.32 Å². The van der Waals surface area contributed by atoms with Gasteiger partial charge in [-0.3, -0.25) is 4.79 Å². The third-order valence-corrected chi connectivity index (χ3v) is 2.74. The van der Waals surface area contributed by atoms with Crippen LogP contribution >= 0.6 is 0 Å². The number of hydrogen-bond donors (Lipinski definition) is 1. The van der Waals surface area contributed by atoms with Gasteiger partial charge in [0.15, 0.2) is 0 Å². The highest BCUT2D eigenvalue weighted by Crippen LogP contribution is 2.10. The van der Waals surface area contributed by atoms with Crippen LogP contribution in [0.1, 0.15) is 39.7 Å². The van der Waals surface area contributed by atoms with Crippen molar-refractivity contribution in [3.63, 3.8) is 0 Å². The van der Waals surface area contributed by atoms with Crippen LogP contribution in [0, 0.1) is 11.8 Å². The summed E-state index contributed by atoms with van der Waals surface area (Å²) in [5.41, 5.74) is 0.468. The second kappa shape index (κ2) is 8.23. The molecule has 22 heavy (non-hydrogen) atoms. The van der Waals surface area contributed by atoms with Crippen LogP contribution in [0.5, 0.6) is 0 Å². The fraction of sp³-hybridized carbons (Fsp3) is 0.444. The maximum Gasteiger partial charge on any atom is 0.407 e. The second-order valence-electron chi connectivity index (χ2n) is 6.04. The zero-order valence-corrected chi connectivity index (χ0v) is 13.6. The molecule has 4 nitrogen and oxygen atoms in total. The summed E-state index contributed by atoms with van der Waals surface area (Å²) in [6.45, 7) is 7.01. The molecule has 1 N–H and O–H groups in total. The van der Waals surface area contributed by atoms with Crippen LogP contribution in [-0.2, 0) is 16.0 Å². The highest BCUT2D eigenvalue weighted by Gasteiger charge is 2.21. The van der Waals surface area contributed by atoms with Crippen molar-refractivity contribution in [1.82, 2.24) is 5.32 Å². The summed E-state index contributed by atoms with van der Waals surface area (Å²) in [7, 11) is 0. The van der Waals surface area contributed by atoms with E-state index in [1.54, 1.807) is 27.7 Å². The molecule has 0 spiro atoms. The van der Waals surface area contributed by atoms with Gasteiger partial charge >= 0.3 is 6.09 Å². The Morgan fingerprint density at radius 3 is 2.41 bits per heavy atom. The summed E-state index contributed by atoms with van der Waals surface area (Å²) < 4.78 is 5.25. The molecule has 0 heterocycles. The lowest BCUT2D eigenvalue weighted by Gasteiger charge is -2.23. The average molecular weight is 301 g/mol. The molecule has 0 fully saturated rings. The van der Waals surface area contributed by atoms with E-state index in [9.17, 15) is 9.59 Å². The third kappa shape index (κ3) is 7.49. The van der Waals surface area contributed by atoms with Crippen LogP contribution in [0.15, 0.2) is 30.3 Å². The van der Waals surface area contributed by atoms with Crippen LogP contribution in [0.25, 0.3) is 0 Å². The molecular weight excluding hydrogens is 278 g/mol. The quantitative estimate of drug-likeness (QED) is 0.671. The van der Waals surface area contributed by atoms with Crippen molar-refractivity contribution in [2.24, 2.45) is 0 Å². The Kier molecular flexibility index (Phi) is 6.65. The van der Waals surface area contributed by atoms with Crippen molar-refractivity contribution in [3.05, 3.63) is 35.9 Å². The topological polar surface area (TPSA) is 55.4 Å². The Morgan fingerprint density at radius 1 is 1.23 bits per heavy atom. The summed E-state index contributed by atoms with van der Waals surface area (Å²) in [6.07, 6.45) is 0.192. The van der Waals surface area contributed by atoms with Gasteiger partial charge in [0.05, 0.1) is 0 Å². The van der Waals surface area contributed by atoms with Crippen molar-refractivity contribution in [2.75, 3.05) is 0 Å². The van der Waals surface area contributed by atoms with Gasteiger partial charge in [-0.25, -0.2) is 4.79 Å². The van der Waals surface area contributed by atoms with Crippen molar-refractivity contribution < 1.29 is 14.3 Å². The van der Waals surface area contributed by atoms with Crippen molar-refractivity contribution in [1.29, 1.82) is 0 Å². The smallest absolute Gasteiger partial charge is 0.407 e. The summed E-state index contributed by atoms with van der Waals surface area (Å²) in [5.74, 6) is 4.89. The Bertz CT molecular complexity index is 561. The van der Waals surface area contributed by atoms with Gasteiger partial charge in [-0.15, -0.1) is 0 Å². The summed E-state index contributed by atoms with van der Waals surface area (Å²) in [5, 5.41) is 2.76. The number of carbonyl (C=O) groups excluding carboxylic acids is 2. The molecule has 0 aliphatic carbocycles. The van der Waals surface area contributed by atoms with Crippen molar-refractivity contribution in [2.45, 2.75) is 52.2 Å². The number of amides is 1. The lowest BCUT2D eigenvalue weighted by atomic mass is 10.0. The normalized spacial score (nSPS) is 11.8. The Hall–Kier alpha value is -2.28. The minimum atomic E-state index is -0.575. The molecule has 0 bridgehead atoms. The predicted molar refractivity (Wildman–Crippen MR) is 86.4 cm³/mol. The Labute approximate surface area is 132 Å². The van der Waals surface area contributed by atoms with E-state index in [-0.39, 0.29) is 18.2 Å². The number of ketones is 1. The van der Waals surface area contributed by atoms with Gasteiger partial charge in [0.1, 0.15) is 5.60 Å². The van der Waals surface area contributed by atoms with Crippen molar-refractivity contribution >= 4 is 11.9 Å². The summed E-state index contributed by atoms with van der Waals surface area (Å²) in [6, 6.07) is 9.35. The largest absolute Gasteiger partial charge is 0.444 e. The van der Waals surface area contributed by atoms with E-state index in [0.29, 0.717) is 6.42 Å². The van der Waals surface area contributed by atoms with E-state index < -0.39 is 11.7 Å². The number of hydrogen-bond acceptors (Lipinski definition) is 3. The number of benzene rings is 1. The predicted octanol–water partition coefficient (Wildman–Crippen LogP) is 3.10. The van der Waals surface area contributed by atoms with Crippen LogP contribution in [-0.4, -0.2) is 23.5 Å². The summed E-state index contributed by atoms with van der Waals surface area (Å²) in [4.78, 5) is 23.7. The molecule has 0 aliphatic heterocycles. The molecule has 1 rings (SSSR count). The minimum absolute atomic E-state index is 0.162. The highest BCUT2D eigenvalue weighted by molar-refractivity contribution is 5.96. The van der Waals surface area contributed by atoms with Crippen LogP contribution in [0.3, 0.4) is 0 Å². The number of alkyl carbamates (subject to hydrolysis) is 1. The third-order valence-electron chi connectivity index (χ3n) is 2.74. The molecule has 4 heteroatoms. The number of nitrogens with one attached hydrogen (secondary N) is 1. The monoisotopic (exact) mass is 301 g/mol. The molecule has 0 aromatic heterocycles. The molecule has 118 valence electrons. The van der Waals surface area contributed by atoms with E-state index in [2.05, 4.69) is 17.2 Å². The lowest BCUT2D eigenvalue weighted by Crippen LogP contribution is -2.41. The molecule has 0 saturated carbocycles. The maximum atomic E-state index is 11.9. The number of carbonyl (C=O) groups is 2. The van der Waals surface area contributed by atoms with E-state index >= 15 is 0 Å². The molecule has 0 aliphatic rings. The zero-order chi connectivity index (χ0) is 16.6. The molecule has 0 radical (unpaired) electrons. The van der Waals surface area contributed by atoms with Gasteiger partial charge in [0, 0.05) is 12.5 Å². The minimum Gasteiger partial charge on any atom is -0.444 e. The zero-order valence-electron chi connectivity index (χ0n) is 13.6. The van der Waals surface area contributed by atoms with Gasteiger partial charge < -0.3 is 10.1 Å². The Balaban J connectivity index is 2.74. The van der Waals surface area contributed by atoms with E-state index in [1.807, 2.05) is 30.3 Å². The van der Waals surface area contributed by atoms with E-state index in [4.69, 9.17) is 4.74 Å². The summed E-state index contributed by atoms with van der Waals surface area (Å²) >= 11 is 0. The van der Waals surface area contributed by atoms with E-state index in [1.165, 1.54) is 0 Å². The first-order chi connectivity index (χ1) is 10.3. The maximum absolute atomic E-state index is 11.9. The first kappa shape index (κ1) is 17.8. The fourth-order valence-corrected chi connectivity index (χ4v) is 1.96. The van der Waals surface area contributed by atoms with Crippen LogP contribution in [0.2, 0.25) is 0 Å². The Morgan fingerprint density at radius 2 is 1.86 bits per heavy atom. The molecule has 0 unspecified atom stereocenters. The molecular formula is C18H23NO3. The van der Waals surface area contributed by atoms with Crippen LogP contribution in [0.4, 0.5) is 4.79 Å². The number of rotatable bonds is 5. The average Bonchev–Trinajstić information content (AvgIpc) is 2.37. The van der Waals surface area contributed by atoms with Gasteiger partial charge in [-0.2, -0.15) is 0 Å². The lowest BCUT2D eigenvalue weighted by molar-refractivity contribution is -0.114. The van der Waals surface area contributed by atoms with Gasteiger partial charge in [0.2, 0.25) is 5.78 Å². The van der Waals surface area contributed by atoms with Gasteiger partial charge in [-0.05, 0) is 45.6 Å². The molecule has 1 aromatic rings.